The Morgan fingerprint density at radius 3 is 3.12 bits per heavy atom. The number of anilines is 1. The van der Waals surface area contributed by atoms with Crippen molar-refractivity contribution in [3.05, 3.63) is 43.0 Å². The van der Waals surface area contributed by atoms with E-state index in [0.717, 1.165) is 37.0 Å². The number of amides is 1. The van der Waals surface area contributed by atoms with Crippen LogP contribution in [0.5, 0.6) is 0 Å². The lowest BCUT2D eigenvalue weighted by atomic mass is 10.1. The topological polar surface area (TPSA) is 74.0 Å². The standard InChI is InChI=1S/C18H21N5O2/c24-18(12-22-13-19-16-6-1-2-7-17(16)22)21-14-9-20-23(10-14)11-15-5-3-4-8-25-15/h1-2,6-7,9-10,13,15H,3-5,8,11-12H2,(H,21,24)/t15-/m0/s1. The summed E-state index contributed by atoms with van der Waals surface area (Å²) < 4.78 is 9.39. The molecule has 1 saturated heterocycles. The van der Waals surface area contributed by atoms with Crippen LogP contribution in [0.2, 0.25) is 0 Å². The van der Waals surface area contributed by atoms with Crippen molar-refractivity contribution < 1.29 is 9.53 Å². The van der Waals surface area contributed by atoms with Gasteiger partial charge < -0.3 is 14.6 Å². The molecule has 130 valence electrons. The number of hydrogen-bond donors (Lipinski definition) is 1. The van der Waals surface area contributed by atoms with E-state index in [-0.39, 0.29) is 18.6 Å². The number of nitrogens with zero attached hydrogens (tertiary/aromatic N) is 4. The predicted octanol–water partition coefficient (Wildman–Crippen LogP) is 2.44. The molecule has 1 N–H and O–H groups in total. The summed E-state index contributed by atoms with van der Waals surface area (Å²) in [4.78, 5) is 16.6. The minimum absolute atomic E-state index is 0.100. The van der Waals surface area contributed by atoms with Gasteiger partial charge in [0, 0.05) is 12.8 Å². The molecule has 1 aliphatic rings. The van der Waals surface area contributed by atoms with E-state index in [1.54, 1.807) is 12.5 Å². The molecule has 7 heteroatoms. The third-order valence-corrected chi connectivity index (χ3v) is 4.42. The van der Waals surface area contributed by atoms with E-state index in [1.807, 2.05) is 39.7 Å². The number of carbonyl (C=O) groups excluding carboxylic acids is 1. The lowest BCUT2D eigenvalue weighted by Gasteiger charge is -2.22. The van der Waals surface area contributed by atoms with E-state index in [0.29, 0.717) is 5.69 Å². The van der Waals surface area contributed by atoms with Gasteiger partial charge in [-0.15, -0.1) is 0 Å². The third kappa shape index (κ3) is 3.71. The van der Waals surface area contributed by atoms with Crippen LogP contribution >= 0.6 is 0 Å². The average Bonchev–Trinajstić information content (AvgIpc) is 3.23. The van der Waals surface area contributed by atoms with Crippen LogP contribution in [-0.4, -0.2) is 37.9 Å². The summed E-state index contributed by atoms with van der Waals surface area (Å²) in [7, 11) is 0. The molecule has 7 nitrogen and oxygen atoms in total. The summed E-state index contributed by atoms with van der Waals surface area (Å²) in [6, 6.07) is 7.76. The molecule has 0 spiro atoms. The fraction of sp³-hybridized carbons (Fsp3) is 0.389. The van der Waals surface area contributed by atoms with Crippen LogP contribution in [0.3, 0.4) is 0 Å². The van der Waals surface area contributed by atoms with Crippen molar-refractivity contribution in [1.29, 1.82) is 0 Å². The van der Waals surface area contributed by atoms with E-state index in [1.165, 1.54) is 6.42 Å². The number of rotatable bonds is 5. The number of imidazole rings is 1. The first kappa shape index (κ1) is 15.8. The number of fused-ring (bicyclic) bond motifs is 1. The van der Waals surface area contributed by atoms with Crippen molar-refractivity contribution in [2.45, 2.75) is 38.5 Å². The van der Waals surface area contributed by atoms with Crippen LogP contribution in [-0.2, 0) is 22.6 Å². The number of ether oxygens (including phenoxy) is 1. The summed E-state index contributed by atoms with van der Waals surface area (Å²) in [5.74, 6) is -0.100. The molecule has 0 bridgehead atoms. The van der Waals surface area contributed by atoms with Gasteiger partial charge in [-0.1, -0.05) is 12.1 Å². The summed E-state index contributed by atoms with van der Waals surface area (Å²) in [6.45, 7) is 1.77. The summed E-state index contributed by atoms with van der Waals surface area (Å²) >= 11 is 0. The van der Waals surface area contributed by atoms with Gasteiger partial charge >= 0.3 is 0 Å². The van der Waals surface area contributed by atoms with Crippen molar-refractivity contribution in [3.8, 4) is 0 Å². The van der Waals surface area contributed by atoms with Crippen LogP contribution in [0.4, 0.5) is 5.69 Å². The minimum atomic E-state index is -0.100. The molecule has 1 fully saturated rings. The van der Waals surface area contributed by atoms with Crippen LogP contribution < -0.4 is 5.32 Å². The maximum absolute atomic E-state index is 12.3. The maximum Gasteiger partial charge on any atom is 0.244 e. The quantitative estimate of drug-likeness (QED) is 0.775. The molecule has 0 aliphatic carbocycles. The molecule has 4 rings (SSSR count). The van der Waals surface area contributed by atoms with E-state index in [2.05, 4.69) is 15.4 Å². The molecule has 1 aliphatic heterocycles. The zero-order valence-corrected chi connectivity index (χ0v) is 14.0. The van der Waals surface area contributed by atoms with Crippen molar-refractivity contribution in [3.63, 3.8) is 0 Å². The summed E-state index contributed by atoms with van der Waals surface area (Å²) in [5.41, 5.74) is 2.53. The second kappa shape index (κ2) is 7.06. The van der Waals surface area contributed by atoms with Gasteiger partial charge in [0.15, 0.2) is 0 Å². The second-order valence-corrected chi connectivity index (χ2v) is 6.35. The molecular weight excluding hydrogens is 318 g/mol. The highest BCUT2D eigenvalue weighted by Gasteiger charge is 2.15. The fourth-order valence-corrected chi connectivity index (χ4v) is 3.18. The van der Waals surface area contributed by atoms with Gasteiger partial charge in [-0.2, -0.15) is 5.10 Å². The molecule has 0 radical (unpaired) electrons. The largest absolute Gasteiger partial charge is 0.376 e. The van der Waals surface area contributed by atoms with Crippen molar-refractivity contribution in [2.24, 2.45) is 0 Å². The molecule has 0 unspecified atom stereocenters. The fourth-order valence-electron chi connectivity index (χ4n) is 3.18. The van der Waals surface area contributed by atoms with E-state index in [9.17, 15) is 4.79 Å². The highest BCUT2D eigenvalue weighted by molar-refractivity contribution is 5.91. The van der Waals surface area contributed by atoms with E-state index >= 15 is 0 Å². The van der Waals surface area contributed by atoms with Gasteiger partial charge in [-0.3, -0.25) is 9.48 Å². The lowest BCUT2D eigenvalue weighted by molar-refractivity contribution is -0.116. The van der Waals surface area contributed by atoms with Crippen molar-refractivity contribution in [2.75, 3.05) is 11.9 Å². The molecule has 3 aromatic rings. The smallest absolute Gasteiger partial charge is 0.244 e. The molecule has 25 heavy (non-hydrogen) atoms. The van der Waals surface area contributed by atoms with E-state index in [4.69, 9.17) is 4.74 Å². The zero-order valence-electron chi connectivity index (χ0n) is 14.0. The van der Waals surface area contributed by atoms with Gasteiger partial charge in [-0.05, 0) is 31.4 Å². The number of para-hydroxylation sites is 2. The van der Waals surface area contributed by atoms with Crippen LogP contribution in [0, 0.1) is 0 Å². The third-order valence-electron chi connectivity index (χ3n) is 4.42. The molecular formula is C18H21N5O2. The minimum Gasteiger partial charge on any atom is -0.376 e. The van der Waals surface area contributed by atoms with E-state index < -0.39 is 0 Å². The molecule has 1 amide bonds. The normalized spacial score (nSPS) is 17.7. The Kier molecular flexibility index (Phi) is 4.47. The number of aromatic nitrogens is 4. The Labute approximate surface area is 145 Å². The van der Waals surface area contributed by atoms with Gasteiger partial charge in [-0.25, -0.2) is 4.98 Å². The Morgan fingerprint density at radius 1 is 1.32 bits per heavy atom. The molecule has 2 aromatic heterocycles. The molecule has 3 heterocycles. The van der Waals surface area contributed by atoms with Crippen molar-refractivity contribution in [1.82, 2.24) is 19.3 Å². The van der Waals surface area contributed by atoms with Crippen molar-refractivity contribution >= 4 is 22.6 Å². The average molecular weight is 339 g/mol. The zero-order chi connectivity index (χ0) is 17.1. The Bertz CT molecular complexity index is 863. The number of nitrogens with one attached hydrogen (secondary N) is 1. The molecule has 0 saturated carbocycles. The predicted molar refractivity (Wildman–Crippen MR) is 94.2 cm³/mol. The number of carbonyl (C=O) groups is 1. The van der Waals surface area contributed by atoms with Gasteiger partial charge in [0.25, 0.3) is 0 Å². The SMILES string of the molecule is O=C(Cn1cnc2ccccc21)Nc1cnn(C[C@@H]2CCCCO2)c1. The first-order chi connectivity index (χ1) is 12.3. The Morgan fingerprint density at radius 2 is 2.24 bits per heavy atom. The lowest BCUT2D eigenvalue weighted by Crippen LogP contribution is -2.24. The van der Waals surface area contributed by atoms with Crippen LogP contribution in [0.1, 0.15) is 19.3 Å². The van der Waals surface area contributed by atoms with Crippen LogP contribution in [0.15, 0.2) is 43.0 Å². The highest BCUT2D eigenvalue weighted by atomic mass is 16.5. The highest BCUT2D eigenvalue weighted by Crippen LogP contribution is 2.16. The maximum atomic E-state index is 12.3. The number of benzene rings is 1. The first-order valence-corrected chi connectivity index (χ1v) is 8.62. The van der Waals surface area contributed by atoms with Gasteiger partial charge in [0.2, 0.25) is 5.91 Å². The summed E-state index contributed by atoms with van der Waals surface area (Å²) in [5, 5.41) is 7.20. The monoisotopic (exact) mass is 339 g/mol. The van der Waals surface area contributed by atoms with Crippen LogP contribution in [0.25, 0.3) is 11.0 Å². The Balaban J connectivity index is 1.36. The molecule has 1 atom stereocenters. The van der Waals surface area contributed by atoms with Gasteiger partial charge in [0.1, 0.15) is 6.54 Å². The second-order valence-electron chi connectivity index (χ2n) is 6.35. The first-order valence-electron chi connectivity index (χ1n) is 8.62. The number of hydrogen-bond acceptors (Lipinski definition) is 4. The summed E-state index contributed by atoms with van der Waals surface area (Å²) in [6.07, 6.45) is 8.83. The Hall–Kier alpha value is -2.67. The van der Waals surface area contributed by atoms with Gasteiger partial charge in [0.05, 0.1) is 41.9 Å². The molecule has 1 aromatic carbocycles.